The third kappa shape index (κ3) is 4.24. The molecule has 0 bridgehead atoms. The quantitative estimate of drug-likeness (QED) is 0.907. The third-order valence-corrected chi connectivity index (χ3v) is 4.55. The van der Waals surface area contributed by atoms with Crippen LogP contribution in [0, 0.1) is 0 Å². The molecule has 0 spiro atoms. The number of methoxy groups -OCH3 is 1. The lowest BCUT2D eigenvalue weighted by Crippen LogP contribution is -2.46. The molecule has 1 aliphatic heterocycles. The normalized spacial score (nSPS) is 14.3. The Morgan fingerprint density at radius 3 is 1.84 bits per heavy atom. The van der Waals surface area contributed by atoms with Gasteiger partial charge in [-0.2, -0.15) is 0 Å². The second kappa shape index (κ2) is 7.92. The molecule has 2 aromatic rings. The summed E-state index contributed by atoms with van der Waals surface area (Å²) < 4.78 is 5.22. The van der Waals surface area contributed by atoms with Gasteiger partial charge in [0.2, 0.25) is 5.91 Å². The number of carbonyl (C=O) groups is 1. The number of amides is 1. The largest absolute Gasteiger partial charge is 0.497 e. The van der Waals surface area contributed by atoms with Crippen molar-refractivity contribution in [2.24, 2.45) is 0 Å². The van der Waals surface area contributed by atoms with Crippen molar-refractivity contribution < 1.29 is 9.53 Å². The summed E-state index contributed by atoms with van der Waals surface area (Å²) in [5.74, 6) is 0.929. The summed E-state index contributed by atoms with van der Waals surface area (Å²) >= 11 is 0. The minimum absolute atomic E-state index is 0.0425. The van der Waals surface area contributed by atoms with Crippen molar-refractivity contribution in [2.75, 3.05) is 48.4 Å². The highest BCUT2D eigenvalue weighted by Gasteiger charge is 2.17. The number of benzene rings is 2. The Morgan fingerprint density at radius 1 is 0.920 bits per heavy atom. The average Bonchev–Trinajstić information content (AvgIpc) is 2.69. The van der Waals surface area contributed by atoms with Gasteiger partial charge in [0, 0.05) is 49.7 Å². The summed E-state index contributed by atoms with van der Waals surface area (Å²) in [5, 5.41) is 2.88. The van der Waals surface area contributed by atoms with Gasteiger partial charge in [0.1, 0.15) is 5.75 Å². The second-order valence-corrected chi connectivity index (χ2v) is 6.12. The number of hydrogen-bond acceptors (Lipinski definition) is 4. The number of carbonyl (C=O) groups excluding carboxylic acids is 1. The van der Waals surface area contributed by atoms with Gasteiger partial charge in [0.15, 0.2) is 0 Å². The van der Waals surface area contributed by atoms with E-state index in [1.54, 1.807) is 7.11 Å². The Balaban J connectivity index is 1.57. The molecule has 25 heavy (non-hydrogen) atoms. The molecule has 1 amide bonds. The Kier molecular flexibility index (Phi) is 5.43. The van der Waals surface area contributed by atoms with E-state index in [4.69, 9.17) is 4.74 Å². The van der Waals surface area contributed by atoms with Gasteiger partial charge in [-0.05, 0) is 48.5 Å². The average molecular weight is 339 g/mol. The van der Waals surface area contributed by atoms with Crippen LogP contribution < -0.4 is 19.9 Å². The molecule has 0 radical (unpaired) electrons. The molecule has 3 rings (SSSR count). The van der Waals surface area contributed by atoms with Crippen LogP contribution in [0.15, 0.2) is 48.5 Å². The zero-order valence-electron chi connectivity index (χ0n) is 14.9. The fraction of sp³-hybridized carbons (Fsp3) is 0.350. The molecule has 0 unspecified atom stereocenters. The summed E-state index contributed by atoms with van der Waals surface area (Å²) in [5.41, 5.74) is 3.29. The highest BCUT2D eigenvalue weighted by Crippen LogP contribution is 2.23. The van der Waals surface area contributed by atoms with Crippen LogP contribution in [-0.4, -0.2) is 39.2 Å². The molecule has 1 aliphatic rings. The smallest absolute Gasteiger partial charge is 0.224 e. The number of nitrogens with one attached hydrogen (secondary N) is 1. The first-order valence-corrected chi connectivity index (χ1v) is 8.73. The third-order valence-electron chi connectivity index (χ3n) is 4.55. The molecule has 0 atom stereocenters. The molecule has 0 saturated carbocycles. The first-order chi connectivity index (χ1) is 12.2. The molecule has 0 aromatic heterocycles. The van der Waals surface area contributed by atoms with E-state index in [-0.39, 0.29) is 5.91 Å². The summed E-state index contributed by atoms with van der Waals surface area (Å²) in [6, 6.07) is 16.3. The molecule has 1 N–H and O–H groups in total. The van der Waals surface area contributed by atoms with Crippen LogP contribution in [0.25, 0.3) is 0 Å². The lowest BCUT2D eigenvalue weighted by Gasteiger charge is -2.37. The van der Waals surface area contributed by atoms with E-state index >= 15 is 0 Å². The number of rotatable bonds is 5. The van der Waals surface area contributed by atoms with E-state index in [2.05, 4.69) is 39.4 Å². The van der Waals surface area contributed by atoms with Crippen molar-refractivity contribution in [2.45, 2.75) is 13.3 Å². The summed E-state index contributed by atoms with van der Waals surface area (Å²) in [6.07, 6.45) is 0.495. The van der Waals surface area contributed by atoms with E-state index in [0.717, 1.165) is 37.6 Å². The topological polar surface area (TPSA) is 44.8 Å². The number of nitrogens with zero attached hydrogens (tertiary/aromatic N) is 2. The van der Waals surface area contributed by atoms with Crippen LogP contribution in [0.5, 0.6) is 5.75 Å². The SMILES string of the molecule is CCC(=O)Nc1ccc(N2CCN(c3ccc(OC)cc3)CC2)cc1. The number of piperazine rings is 1. The van der Waals surface area contributed by atoms with E-state index in [1.165, 1.54) is 11.4 Å². The molecular weight excluding hydrogens is 314 g/mol. The predicted molar refractivity (Wildman–Crippen MR) is 103 cm³/mol. The summed E-state index contributed by atoms with van der Waals surface area (Å²) in [4.78, 5) is 16.2. The van der Waals surface area contributed by atoms with Crippen molar-refractivity contribution in [3.8, 4) is 5.75 Å². The lowest BCUT2D eigenvalue weighted by molar-refractivity contribution is -0.115. The molecule has 1 heterocycles. The van der Waals surface area contributed by atoms with Crippen molar-refractivity contribution >= 4 is 23.0 Å². The summed E-state index contributed by atoms with van der Waals surface area (Å²) in [6.45, 7) is 5.78. The van der Waals surface area contributed by atoms with Gasteiger partial charge in [-0.15, -0.1) is 0 Å². The van der Waals surface area contributed by atoms with Crippen molar-refractivity contribution in [1.29, 1.82) is 0 Å². The van der Waals surface area contributed by atoms with Crippen LogP contribution >= 0.6 is 0 Å². The van der Waals surface area contributed by atoms with Crippen LogP contribution in [0.3, 0.4) is 0 Å². The zero-order valence-corrected chi connectivity index (χ0v) is 14.9. The van der Waals surface area contributed by atoms with E-state index < -0.39 is 0 Å². The maximum absolute atomic E-state index is 11.4. The van der Waals surface area contributed by atoms with Crippen LogP contribution in [0.2, 0.25) is 0 Å². The van der Waals surface area contributed by atoms with Crippen LogP contribution in [0.1, 0.15) is 13.3 Å². The highest BCUT2D eigenvalue weighted by molar-refractivity contribution is 5.90. The van der Waals surface area contributed by atoms with E-state index in [9.17, 15) is 4.79 Å². The molecule has 0 aliphatic carbocycles. The Morgan fingerprint density at radius 2 is 1.40 bits per heavy atom. The highest BCUT2D eigenvalue weighted by atomic mass is 16.5. The predicted octanol–water partition coefficient (Wildman–Crippen LogP) is 3.37. The lowest BCUT2D eigenvalue weighted by atomic mass is 10.2. The maximum Gasteiger partial charge on any atom is 0.224 e. The molecule has 1 fully saturated rings. The zero-order chi connectivity index (χ0) is 17.6. The fourth-order valence-electron chi connectivity index (χ4n) is 3.02. The van der Waals surface area contributed by atoms with Gasteiger partial charge in [-0.3, -0.25) is 4.79 Å². The van der Waals surface area contributed by atoms with Gasteiger partial charge >= 0.3 is 0 Å². The van der Waals surface area contributed by atoms with E-state index in [1.807, 2.05) is 31.2 Å². The van der Waals surface area contributed by atoms with Gasteiger partial charge in [-0.1, -0.05) is 6.92 Å². The van der Waals surface area contributed by atoms with Crippen LogP contribution in [-0.2, 0) is 4.79 Å². The number of hydrogen-bond donors (Lipinski definition) is 1. The standard InChI is InChI=1S/C20H25N3O2/c1-3-20(24)21-16-4-6-17(7-5-16)22-12-14-23(15-13-22)18-8-10-19(25-2)11-9-18/h4-11H,3,12-15H2,1-2H3,(H,21,24). The molecular formula is C20H25N3O2. The number of anilines is 3. The number of ether oxygens (including phenoxy) is 1. The minimum Gasteiger partial charge on any atom is -0.497 e. The fourth-order valence-corrected chi connectivity index (χ4v) is 3.02. The second-order valence-electron chi connectivity index (χ2n) is 6.12. The summed E-state index contributed by atoms with van der Waals surface area (Å²) in [7, 11) is 1.69. The van der Waals surface area contributed by atoms with Gasteiger partial charge < -0.3 is 19.9 Å². The Bertz CT molecular complexity index is 690. The van der Waals surface area contributed by atoms with Gasteiger partial charge in [0.05, 0.1) is 7.11 Å². The molecule has 2 aromatic carbocycles. The van der Waals surface area contributed by atoms with Gasteiger partial charge in [-0.25, -0.2) is 0 Å². The Hall–Kier alpha value is -2.69. The van der Waals surface area contributed by atoms with E-state index in [0.29, 0.717) is 6.42 Å². The Labute approximate surface area is 149 Å². The maximum atomic E-state index is 11.4. The molecule has 5 nitrogen and oxygen atoms in total. The molecule has 5 heteroatoms. The molecule has 1 saturated heterocycles. The molecule has 132 valence electrons. The van der Waals surface area contributed by atoms with Crippen molar-refractivity contribution in [1.82, 2.24) is 0 Å². The van der Waals surface area contributed by atoms with Crippen molar-refractivity contribution in [3.63, 3.8) is 0 Å². The monoisotopic (exact) mass is 339 g/mol. The van der Waals surface area contributed by atoms with Gasteiger partial charge in [0.25, 0.3) is 0 Å². The first kappa shape index (κ1) is 17.1. The minimum atomic E-state index is 0.0425. The first-order valence-electron chi connectivity index (χ1n) is 8.73. The van der Waals surface area contributed by atoms with Crippen LogP contribution in [0.4, 0.5) is 17.1 Å². The van der Waals surface area contributed by atoms with Crippen molar-refractivity contribution in [3.05, 3.63) is 48.5 Å².